The summed E-state index contributed by atoms with van der Waals surface area (Å²) in [6.45, 7) is 6.37. The van der Waals surface area contributed by atoms with Gasteiger partial charge in [0, 0.05) is 36.7 Å². The molecule has 0 aliphatic carbocycles. The molecular weight excluding hydrogens is 406 g/mol. The van der Waals surface area contributed by atoms with Gasteiger partial charge in [-0.15, -0.1) is 0 Å². The Bertz CT molecular complexity index is 756. The summed E-state index contributed by atoms with van der Waals surface area (Å²) in [6, 6.07) is 12.0. The number of benzene rings is 1. The van der Waals surface area contributed by atoms with Gasteiger partial charge in [0.15, 0.2) is 0 Å². The van der Waals surface area contributed by atoms with E-state index in [1.54, 1.807) is 0 Å². The van der Waals surface area contributed by atoms with E-state index in [1.165, 1.54) is 0 Å². The first-order chi connectivity index (χ1) is 13.0. The topological polar surface area (TPSA) is 54.5 Å². The normalized spacial score (nSPS) is 19.7. The van der Waals surface area contributed by atoms with Crippen molar-refractivity contribution in [3.05, 3.63) is 58.2 Å². The number of amides is 1. The maximum absolute atomic E-state index is 12.1. The van der Waals surface area contributed by atoms with E-state index in [1.807, 2.05) is 42.6 Å². The van der Waals surface area contributed by atoms with Crippen molar-refractivity contribution in [3.8, 4) is 0 Å². The minimum absolute atomic E-state index is 0.0469. The number of rotatable bonds is 6. The molecule has 1 N–H and O–H groups in total. The molecule has 1 aliphatic heterocycles. The quantitative estimate of drug-likeness (QED) is 0.757. The van der Waals surface area contributed by atoms with Crippen molar-refractivity contribution in [2.45, 2.75) is 45.4 Å². The minimum atomic E-state index is 0.0469. The highest BCUT2D eigenvalue weighted by atomic mass is 79.9. The largest absolute Gasteiger partial charge is 0.372 e. The molecule has 2 unspecified atom stereocenters. The zero-order chi connectivity index (χ0) is 19.2. The summed E-state index contributed by atoms with van der Waals surface area (Å²) >= 11 is 3.52. The summed E-state index contributed by atoms with van der Waals surface area (Å²) in [5.41, 5.74) is 2.15. The fraction of sp³-hybridized carbons (Fsp3) is 0.429. The Morgan fingerprint density at radius 1 is 1.22 bits per heavy atom. The molecule has 0 bridgehead atoms. The molecular formula is C21H26BrN3O2. The maximum atomic E-state index is 12.1. The lowest BCUT2D eigenvalue weighted by molar-refractivity contribution is -0.121. The van der Waals surface area contributed by atoms with Crippen molar-refractivity contribution in [3.63, 3.8) is 0 Å². The van der Waals surface area contributed by atoms with Crippen LogP contribution in [0.4, 0.5) is 5.82 Å². The molecule has 5 nitrogen and oxygen atoms in total. The third-order valence-electron chi connectivity index (χ3n) is 4.62. The summed E-state index contributed by atoms with van der Waals surface area (Å²) in [4.78, 5) is 18.9. The van der Waals surface area contributed by atoms with Gasteiger partial charge < -0.3 is 15.0 Å². The molecule has 1 aromatic heterocycles. The first-order valence-electron chi connectivity index (χ1n) is 9.36. The number of pyridine rings is 1. The number of halogens is 1. The van der Waals surface area contributed by atoms with Gasteiger partial charge in [0.2, 0.25) is 5.91 Å². The Labute approximate surface area is 169 Å². The molecule has 2 heterocycles. The third-order valence-corrected chi connectivity index (χ3v) is 5.40. The summed E-state index contributed by atoms with van der Waals surface area (Å²) in [6.07, 6.45) is 3.45. The van der Waals surface area contributed by atoms with E-state index < -0.39 is 0 Å². The number of nitrogens with zero attached hydrogens (tertiary/aromatic N) is 2. The van der Waals surface area contributed by atoms with Gasteiger partial charge >= 0.3 is 0 Å². The fourth-order valence-corrected chi connectivity index (χ4v) is 3.79. The fourth-order valence-electron chi connectivity index (χ4n) is 3.31. The van der Waals surface area contributed by atoms with E-state index in [2.05, 4.69) is 45.0 Å². The molecule has 0 radical (unpaired) electrons. The van der Waals surface area contributed by atoms with Gasteiger partial charge in [-0.1, -0.05) is 40.2 Å². The van der Waals surface area contributed by atoms with E-state index in [-0.39, 0.29) is 18.1 Å². The van der Waals surface area contributed by atoms with Crippen LogP contribution in [0.5, 0.6) is 0 Å². The van der Waals surface area contributed by atoms with Gasteiger partial charge in [0.25, 0.3) is 0 Å². The molecule has 6 heteroatoms. The van der Waals surface area contributed by atoms with Crippen molar-refractivity contribution in [2.75, 3.05) is 18.0 Å². The second-order valence-electron chi connectivity index (χ2n) is 7.06. The lowest BCUT2D eigenvalue weighted by Gasteiger charge is -2.36. The highest BCUT2D eigenvalue weighted by molar-refractivity contribution is 9.10. The van der Waals surface area contributed by atoms with E-state index in [0.717, 1.165) is 40.9 Å². The Kier molecular flexibility index (Phi) is 6.85. The molecule has 27 heavy (non-hydrogen) atoms. The molecule has 2 aromatic rings. The van der Waals surface area contributed by atoms with Gasteiger partial charge in [-0.2, -0.15) is 0 Å². The van der Waals surface area contributed by atoms with Crippen LogP contribution >= 0.6 is 15.9 Å². The Morgan fingerprint density at radius 3 is 2.63 bits per heavy atom. The van der Waals surface area contributed by atoms with Crippen LogP contribution in [0.1, 0.15) is 31.4 Å². The predicted molar refractivity (Wildman–Crippen MR) is 111 cm³/mol. The molecule has 0 spiro atoms. The number of nitrogens with one attached hydrogen (secondary N) is 1. The average molecular weight is 432 g/mol. The number of morpholine rings is 1. The van der Waals surface area contributed by atoms with Crippen LogP contribution in [-0.2, 0) is 22.5 Å². The van der Waals surface area contributed by atoms with Crippen molar-refractivity contribution in [2.24, 2.45) is 0 Å². The molecule has 2 atom stereocenters. The SMILES string of the molecule is CC1CN(c2ccc(CNC(=O)CCc3ccccc3Br)cn2)CC(C)O1. The monoisotopic (exact) mass is 431 g/mol. The van der Waals surface area contributed by atoms with Crippen LogP contribution in [0.15, 0.2) is 47.1 Å². The van der Waals surface area contributed by atoms with Crippen LogP contribution in [0.3, 0.4) is 0 Å². The molecule has 1 aliphatic rings. The Morgan fingerprint density at radius 2 is 1.96 bits per heavy atom. The van der Waals surface area contributed by atoms with Crippen molar-refractivity contribution < 1.29 is 9.53 Å². The Hall–Kier alpha value is -1.92. The number of ether oxygens (including phenoxy) is 1. The van der Waals surface area contributed by atoms with E-state index in [9.17, 15) is 4.79 Å². The lowest BCUT2D eigenvalue weighted by Crippen LogP contribution is -2.45. The van der Waals surface area contributed by atoms with Gasteiger partial charge in [0.05, 0.1) is 12.2 Å². The molecule has 1 fully saturated rings. The smallest absolute Gasteiger partial charge is 0.220 e. The van der Waals surface area contributed by atoms with E-state index in [4.69, 9.17) is 4.74 Å². The van der Waals surface area contributed by atoms with Crippen LogP contribution in [-0.4, -0.2) is 36.2 Å². The molecule has 1 aromatic carbocycles. The Balaban J connectivity index is 1.47. The summed E-state index contributed by atoms with van der Waals surface area (Å²) < 4.78 is 6.81. The van der Waals surface area contributed by atoms with Crippen LogP contribution in [0.25, 0.3) is 0 Å². The second kappa shape index (κ2) is 9.33. The van der Waals surface area contributed by atoms with Crippen LogP contribution < -0.4 is 10.2 Å². The number of hydrogen-bond donors (Lipinski definition) is 1. The lowest BCUT2D eigenvalue weighted by atomic mass is 10.1. The van der Waals surface area contributed by atoms with Crippen molar-refractivity contribution in [1.29, 1.82) is 0 Å². The highest BCUT2D eigenvalue weighted by Gasteiger charge is 2.22. The number of aryl methyl sites for hydroxylation is 1. The van der Waals surface area contributed by atoms with Crippen molar-refractivity contribution >= 4 is 27.7 Å². The number of carbonyl (C=O) groups is 1. The van der Waals surface area contributed by atoms with Gasteiger partial charge in [-0.05, 0) is 43.5 Å². The van der Waals surface area contributed by atoms with Crippen molar-refractivity contribution in [1.82, 2.24) is 10.3 Å². The number of hydrogen-bond acceptors (Lipinski definition) is 4. The maximum Gasteiger partial charge on any atom is 0.220 e. The molecule has 3 rings (SSSR count). The number of anilines is 1. The predicted octanol–water partition coefficient (Wildman–Crippen LogP) is 3.71. The molecule has 1 saturated heterocycles. The van der Waals surface area contributed by atoms with E-state index in [0.29, 0.717) is 13.0 Å². The average Bonchev–Trinajstić information content (AvgIpc) is 2.65. The number of carbonyl (C=O) groups excluding carboxylic acids is 1. The summed E-state index contributed by atoms with van der Waals surface area (Å²) in [5, 5.41) is 2.97. The zero-order valence-corrected chi connectivity index (χ0v) is 17.4. The van der Waals surface area contributed by atoms with E-state index >= 15 is 0 Å². The van der Waals surface area contributed by atoms with Gasteiger partial charge in [0.1, 0.15) is 5.82 Å². The van der Waals surface area contributed by atoms with Crippen LogP contribution in [0, 0.1) is 0 Å². The summed E-state index contributed by atoms with van der Waals surface area (Å²) in [7, 11) is 0. The molecule has 0 saturated carbocycles. The molecule has 1 amide bonds. The second-order valence-corrected chi connectivity index (χ2v) is 7.91. The third kappa shape index (κ3) is 5.78. The summed E-state index contributed by atoms with van der Waals surface area (Å²) in [5.74, 6) is 1.01. The highest BCUT2D eigenvalue weighted by Crippen LogP contribution is 2.19. The van der Waals surface area contributed by atoms with Gasteiger partial charge in [-0.3, -0.25) is 4.79 Å². The standard InChI is InChI=1S/C21H26BrN3O2/c1-15-13-25(14-16(2)27-15)20-9-7-17(11-23-20)12-24-21(26)10-8-18-5-3-4-6-19(18)22/h3-7,9,11,15-16H,8,10,12-14H2,1-2H3,(H,24,26). The minimum Gasteiger partial charge on any atom is -0.372 e. The number of aromatic nitrogens is 1. The zero-order valence-electron chi connectivity index (χ0n) is 15.8. The first kappa shape index (κ1) is 19.8. The molecule has 144 valence electrons. The first-order valence-corrected chi connectivity index (χ1v) is 10.2. The van der Waals surface area contributed by atoms with Gasteiger partial charge in [-0.25, -0.2) is 4.98 Å². The van der Waals surface area contributed by atoms with Crippen LogP contribution in [0.2, 0.25) is 0 Å².